The average Bonchev–Trinajstić information content (AvgIpc) is 2.41. The summed E-state index contributed by atoms with van der Waals surface area (Å²) < 4.78 is 32.4. The molecule has 0 aromatic heterocycles. The van der Waals surface area contributed by atoms with Gasteiger partial charge in [-0.25, -0.2) is 13.1 Å². The Hall–Kier alpha value is -1.39. The van der Waals surface area contributed by atoms with Crippen LogP contribution in [0.4, 0.5) is 0 Å². The van der Waals surface area contributed by atoms with Crippen LogP contribution in [0, 0.1) is 18.8 Å². The summed E-state index contributed by atoms with van der Waals surface area (Å²) in [6.07, 6.45) is 0.0693. The van der Waals surface area contributed by atoms with Crippen LogP contribution >= 0.6 is 0 Å². The fourth-order valence-corrected chi connectivity index (χ4v) is 2.82. The van der Waals surface area contributed by atoms with E-state index in [1.165, 1.54) is 0 Å². The van der Waals surface area contributed by atoms with Crippen molar-refractivity contribution < 1.29 is 13.2 Å². The molecule has 0 spiro atoms. The first-order valence-corrected chi connectivity index (χ1v) is 8.26. The maximum absolute atomic E-state index is 12.3. The van der Waals surface area contributed by atoms with E-state index in [1.807, 2.05) is 20.8 Å². The second-order valence-electron chi connectivity index (χ2n) is 4.82. The molecule has 0 atom stereocenters. The molecule has 0 unspecified atom stereocenters. The third kappa shape index (κ3) is 5.86. The van der Waals surface area contributed by atoms with Gasteiger partial charge in [0.05, 0.1) is 24.2 Å². The number of hydrogen-bond donors (Lipinski definition) is 2. The molecule has 1 aromatic rings. The largest absolute Gasteiger partial charge is 0.377 e. The Bertz CT molecular complexity index is 628. The molecule has 0 aliphatic heterocycles. The molecular weight excluding hydrogens is 288 g/mol. The van der Waals surface area contributed by atoms with E-state index in [0.717, 1.165) is 5.56 Å². The number of sulfonamides is 1. The Balaban J connectivity index is 2.92. The van der Waals surface area contributed by atoms with Gasteiger partial charge in [0.25, 0.3) is 0 Å². The zero-order chi connectivity index (χ0) is 15.9. The Morgan fingerprint density at radius 1 is 1.38 bits per heavy atom. The minimum atomic E-state index is -3.61. The van der Waals surface area contributed by atoms with Gasteiger partial charge in [-0.3, -0.25) is 0 Å². The van der Waals surface area contributed by atoms with Crippen molar-refractivity contribution in [1.82, 2.24) is 4.72 Å². The van der Waals surface area contributed by atoms with Crippen molar-refractivity contribution in [2.45, 2.75) is 31.8 Å². The predicted octanol–water partition coefficient (Wildman–Crippen LogP) is 1.01. The van der Waals surface area contributed by atoms with E-state index in [9.17, 15) is 8.42 Å². The maximum Gasteiger partial charge on any atom is 0.241 e. The first-order valence-electron chi connectivity index (χ1n) is 6.77. The van der Waals surface area contributed by atoms with Crippen LogP contribution in [-0.4, -0.2) is 34.2 Å². The van der Waals surface area contributed by atoms with Crippen molar-refractivity contribution in [2.75, 3.05) is 19.7 Å². The lowest BCUT2D eigenvalue weighted by Crippen LogP contribution is -2.28. The third-order valence-electron chi connectivity index (χ3n) is 2.60. The minimum Gasteiger partial charge on any atom is -0.377 e. The zero-order valence-corrected chi connectivity index (χ0v) is 13.5. The minimum absolute atomic E-state index is 0.0693. The van der Waals surface area contributed by atoms with Gasteiger partial charge in [0.1, 0.15) is 0 Å². The van der Waals surface area contributed by atoms with Gasteiger partial charge >= 0.3 is 0 Å². The van der Waals surface area contributed by atoms with Crippen molar-refractivity contribution in [3.05, 3.63) is 29.3 Å². The number of nitrogens with two attached hydrogens (primary N) is 1. The summed E-state index contributed by atoms with van der Waals surface area (Å²) in [7, 11) is -3.61. The van der Waals surface area contributed by atoms with E-state index in [4.69, 9.17) is 10.5 Å². The van der Waals surface area contributed by atoms with Crippen LogP contribution in [0.2, 0.25) is 0 Å². The van der Waals surface area contributed by atoms with Gasteiger partial charge in [0.15, 0.2) is 0 Å². The molecule has 0 saturated carbocycles. The number of nitrogens with one attached hydrogen (secondary N) is 1. The molecule has 0 bridgehead atoms. The maximum atomic E-state index is 12.3. The SMILES string of the molecule is Cc1ccc(S(=O)(=O)NCCOC(C)C)c(C#CCN)c1. The highest BCUT2D eigenvalue weighted by molar-refractivity contribution is 7.89. The van der Waals surface area contributed by atoms with Gasteiger partial charge in [0.2, 0.25) is 10.0 Å². The lowest BCUT2D eigenvalue weighted by molar-refractivity contribution is 0.0834. The van der Waals surface area contributed by atoms with E-state index >= 15 is 0 Å². The van der Waals surface area contributed by atoms with Gasteiger partial charge in [-0.05, 0) is 38.5 Å². The highest BCUT2D eigenvalue weighted by Crippen LogP contribution is 2.16. The monoisotopic (exact) mass is 310 g/mol. The molecule has 116 valence electrons. The van der Waals surface area contributed by atoms with Crippen molar-refractivity contribution in [3.63, 3.8) is 0 Å². The number of aryl methyl sites for hydroxylation is 1. The molecule has 5 nitrogen and oxygen atoms in total. The number of hydrogen-bond acceptors (Lipinski definition) is 4. The smallest absolute Gasteiger partial charge is 0.241 e. The van der Waals surface area contributed by atoms with Crippen LogP contribution in [-0.2, 0) is 14.8 Å². The fourth-order valence-electron chi connectivity index (χ4n) is 1.67. The molecule has 3 N–H and O–H groups in total. The quantitative estimate of drug-likeness (QED) is 0.607. The second kappa shape index (κ2) is 8.15. The number of benzene rings is 1. The molecule has 0 fully saturated rings. The molecule has 1 rings (SSSR count). The van der Waals surface area contributed by atoms with Crippen LogP contribution in [0.25, 0.3) is 0 Å². The van der Waals surface area contributed by atoms with E-state index in [2.05, 4.69) is 16.6 Å². The van der Waals surface area contributed by atoms with Crippen LogP contribution < -0.4 is 10.5 Å². The van der Waals surface area contributed by atoms with Gasteiger partial charge in [-0.2, -0.15) is 0 Å². The summed E-state index contributed by atoms with van der Waals surface area (Å²) in [5.74, 6) is 5.49. The van der Waals surface area contributed by atoms with Gasteiger partial charge < -0.3 is 10.5 Å². The molecule has 0 aliphatic rings. The third-order valence-corrected chi connectivity index (χ3v) is 4.11. The van der Waals surface area contributed by atoms with E-state index in [0.29, 0.717) is 12.2 Å². The molecule has 1 aromatic carbocycles. The van der Waals surface area contributed by atoms with E-state index in [1.54, 1.807) is 18.2 Å². The van der Waals surface area contributed by atoms with Crippen LogP contribution in [0.5, 0.6) is 0 Å². The molecule has 0 saturated heterocycles. The predicted molar refractivity (Wildman–Crippen MR) is 83.4 cm³/mol. The topological polar surface area (TPSA) is 81.4 Å². The highest BCUT2D eigenvalue weighted by Gasteiger charge is 2.17. The number of ether oxygens (including phenoxy) is 1. The van der Waals surface area contributed by atoms with Crippen LogP contribution in [0.15, 0.2) is 23.1 Å². The molecule has 0 radical (unpaired) electrons. The number of rotatable bonds is 6. The highest BCUT2D eigenvalue weighted by atomic mass is 32.2. The second-order valence-corrected chi connectivity index (χ2v) is 6.56. The van der Waals surface area contributed by atoms with E-state index in [-0.39, 0.29) is 24.1 Å². The summed E-state index contributed by atoms with van der Waals surface area (Å²) in [6.45, 7) is 6.41. The molecule has 0 aliphatic carbocycles. The van der Waals surface area contributed by atoms with Crippen molar-refractivity contribution in [2.24, 2.45) is 5.73 Å². The summed E-state index contributed by atoms with van der Waals surface area (Å²) in [5.41, 5.74) is 6.74. The van der Waals surface area contributed by atoms with Crippen LogP contribution in [0.1, 0.15) is 25.0 Å². The fraction of sp³-hybridized carbons (Fsp3) is 0.467. The Kier molecular flexibility index (Phi) is 6.85. The van der Waals surface area contributed by atoms with Gasteiger partial charge in [0, 0.05) is 12.1 Å². The van der Waals surface area contributed by atoms with Gasteiger partial charge in [-0.15, -0.1) is 0 Å². The van der Waals surface area contributed by atoms with Crippen LogP contribution in [0.3, 0.4) is 0 Å². The zero-order valence-electron chi connectivity index (χ0n) is 12.6. The summed E-state index contributed by atoms with van der Waals surface area (Å²) in [5, 5.41) is 0. The molecule has 0 amide bonds. The molecule has 21 heavy (non-hydrogen) atoms. The Morgan fingerprint density at radius 2 is 2.10 bits per heavy atom. The lowest BCUT2D eigenvalue weighted by Gasteiger charge is -2.11. The first-order chi connectivity index (χ1) is 9.86. The summed E-state index contributed by atoms with van der Waals surface area (Å²) in [6, 6.07) is 5.04. The molecule has 0 heterocycles. The average molecular weight is 310 g/mol. The first kappa shape index (κ1) is 17.7. The standard InChI is InChI=1S/C15H22N2O3S/c1-12(2)20-10-9-17-21(18,19)15-7-6-13(3)11-14(15)5-4-8-16/h6-7,11-12,17H,8-10,16H2,1-3H3. The van der Waals surface area contributed by atoms with Crippen molar-refractivity contribution in [1.29, 1.82) is 0 Å². The Morgan fingerprint density at radius 3 is 2.71 bits per heavy atom. The van der Waals surface area contributed by atoms with Crippen molar-refractivity contribution >= 4 is 10.0 Å². The van der Waals surface area contributed by atoms with Gasteiger partial charge in [-0.1, -0.05) is 17.9 Å². The summed E-state index contributed by atoms with van der Waals surface area (Å²) in [4.78, 5) is 0.165. The Labute approximate surface area is 126 Å². The molecule has 6 heteroatoms. The molecular formula is C15H22N2O3S. The van der Waals surface area contributed by atoms with Crippen molar-refractivity contribution in [3.8, 4) is 11.8 Å². The summed E-state index contributed by atoms with van der Waals surface area (Å²) >= 11 is 0. The lowest BCUT2D eigenvalue weighted by atomic mass is 10.1. The van der Waals surface area contributed by atoms with E-state index < -0.39 is 10.0 Å². The normalized spacial score (nSPS) is 11.3.